The lowest BCUT2D eigenvalue weighted by Crippen LogP contribution is -2.36. The van der Waals surface area contributed by atoms with E-state index >= 15 is 0 Å². The molecule has 0 radical (unpaired) electrons. The molecular formula is C21H25N5. The molecule has 5 nitrogen and oxygen atoms in total. The average Bonchev–Trinajstić information content (AvgIpc) is 3.39. The minimum atomic E-state index is 0.334. The number of para-hydroxylation sites is 1. The summed E-state index contributed by atoms with van der Waals surface area (Å²) in [5.74, 6) is 0.894. The van der Waals surface area contributed by atoms with Crippen LogP contribution in [0.5, 0.6) is 0 Å². The molecule has 3 aromatic rings. The third-order valence-corrected chi connectivity index (χ3v) is 5.43. The Balaban J connectivity index is 1.63. The fraction of sp³-hybridized carbons (Fsp3) is 0.381. The lowest BCUT2D eigenvalue weighted by atomic mass is 10.0. The Morgan fingerprint density at radius 2 is 1.65 bits per heavy atom. The van der Waals surface area contributed by atoms with E-state index in [0.29, 0.717) is 12.1 Å². The molecule has 0 spiro atoms. The molecule has 0 amide bonds. The van der Waals surface area contributed by atoms with Gasteiger partial charge in [-0.25, -0.2) is 0 Å². The third-order valence-electron chi connectivity index (χ3n) is 5.43. The van der Waals surface area contributed by atoms with Crippen LogP contribution in [0.15, 0.2) is 60.7 Å². The van der Waals surface area contributed by atoms with Crippen molar-refractivity contribution in [1.29, 1.82) is 0 Å². The highest BCUT2D eigenvalue weighted by Gasteiger charge is 2.29. The van der Waals surface area contributed by atoms with E-state index in [1.807, 2.05) is 35.0 Å². The zero-order chi connectivity index (χ0) is 17.8. The van der Waals surface area contributed by atoms with Gasteiger partial charge >= 0.3 is 0 Å². The predicted octanol–water partition coefficient (Wildman–Crippen LogP) is 4.17. The van der Waals surface area contributed by atoms with Gasteiger partial charge in [-0.15, -0.1) is 5.10 Å². The van der Waals surface area contributed by atoms with E-state index in [0.717, 1.165) is 18.1 Å². The summed E-state index contributed by atoms with van der Waals surface area (Å²) in [7, 11) is 0. The van der Waals surface area contributed by atoms with Crippen molar-refractivity contribution in [3.63, 3.8) is 0 Å². The van der Waals surface area contributed by atoms with Crippen LogP contribution in [0.2, 0.25) is 0 Å². The van der Waals surface area contributed by atoms with E-state index in [1.54, 1.807) is 0 Å². The highest BCUT2D eigenvalue weighted by Crippen LogP contribution is 2.32. The van der Waals surface area contributed by atoms with E-state index in [4.69, 9.17) is 0 Å². The molecule has 1 heterocycles. The van der Waals surface area contributed by atoms with Gasteiger partial charge in [0.1, 0.15) is 0 Å². The first kappa shape index (κ1) is 16.9. The molecule has 0 saturated heterocycles. The summed E-state index contributed by atoms with van der Waals surface area (Å²) in [5, 5.41) is 12.5. The van der Waals surface area contributed by atoms with Crippen molar-refractivity contribution < 1.29 is 0 Å². The predicted molar refractivity (Wildman–Crippen MR) is 102 cm³/mol. The van der Waals surface area contributed by atoms with E-state index in [1.165, 1.54) is 31.2 Å². The Morgan fingerprint density at radius 3 is 2.35 bits per heavy atom. The largest absolute Gasteiger partial charge is 0.286 e. The van der Waals surface area contributed by atoms with Crippen molar-refractivity contribution in [3.8, 4) is 5.69 Å². The van der Waals surface area contributed by atoms with Gasteiger partial charge in [-0.2, -0.15) is 4.68 Å². The summed E-state index contributed by atoms with van der Waals surface area (Å²) in [6.45, 7) is 3.05. The second-order valence-electron chi connectivity index (χ2n) is 7.04. The standard InChI is InChI=1S/C21H25N5/c1-17(18-10-4-2-5-11-18)25(19-12-8-9-13-19)16-21-22-23-24-26(21)20-14-6-3-7-15-20/h2-7,10-11,14-15,17,19H,8-9,12-13,16H2,1H3/t17-/m0/s1. The van der Waals surface area contributed by atoms with E-state index < -0.39 is 0 Å². The Labute approximate surface area is 154 Å². The molecule has 26 heavy (non-hydrogen) atoms. The number of nitrogens with zero attached hydrogens (tertiary/aromatic N) is 5. The molecule has 0 bridgehead atoms. The fourth-order valence-electron chi connectivity index (χ4n) is 3.98. The van der Waals surface area contributed by atoms with Crippen LogP contribution in [0.4, 0.5) is 0 Å². The molecule has 0 N–H and O–H groups in total. The molecule has 1 fully saturated rings. The van der Waals surface area contributed by atoms with Gasteiger partial charge in [-0.1, -0.05) is 61.4 Å². The van der Waals surface area contributed by atoms with E-state index in [-0.39, 0.29) is 0 Å². The van der Waals surface area contributed by atoms with E-state index in [2.05, 4.69) is 57.7 Å². The van der Waals surface area contributed by atoms with Crippen LogP contribution in [0, 0.1) is 0 Å². The quantitative estimate of drug-likeness (QED) is 0.671. The van der Waals surface area contributed by atoms with Crippen molar-refractivity contribution in [3.05, 3.63) is 72.1 Å². The summed E-state index contributed by atoms with van der Waals surface area (Å²) in [6.07, 6.45) is 5.13. The monoisotopic (exact) mass is 347 g/mol. The number of hydrogen-bond acceptors (Lipinski definition) is 4. The second-order valence-corrected chi connectivity index (χ2v) is 7.04. The lowest BCUT2D eigenvalue weighted by Gasteiger charge is -2.34. The van der Waals surface area contributed by atoms with Crippen LogP contribution < -0.4 is 0 Å². The van der Waals surface area contributed by atoms with Crippen LogP contribution >= 0.6 is 0 Å². The maximum atomic E-state index is 4.34. The third kappa shape index (κ3) is 3.53. The normalized spacial score (nSPS) is 16.2. The van der Waals surface area contributed by atoms with Crippen LogP contribution in [0.25, 0.3) is 5.69 Å². The second kappa shape index (κ2) is 7.79. The number of rotatable bonds is 6. The fourth-order valence-corrected chi connectivity index (χ4v) is 3.98. The summed E-state index contributed by atoms with van der Waals surface area (Å²) in [4.78, 5) is 2.58. The molecule has 2 aromatic carbocycles. The first-order chi connectivity index (χ1) is 12.8. The first-order valence-electron chi connectivity index (χ1n) is 9.46. The molecule has 4 rings (SSSR count). The van der Waals surface area contributed by atoms with Gasteiger partial charge in [0.15, 0.2) is 5.82 Å². The zero-order valence-electron chi connectivity index (χ0n) is 15.2. The highest BCUT2D eigenvalue weighted by atomic mass is 15.5. The van der Waals surface area contributed by atoms with Crippen LogP contribution in [-0.2, 0) is 6.54 Å². The van der Waals surface area contributed by atoms with Gasteiger partial charge in [0.05, 0.1) is 12.2 Å². The molecular weight excluding hydrogens is 322 g/mol. The summed E-state index contributed by atoms with van der Waals surface area (Å²) in [6, 6.07) is 21.8. The SMILES string of the molecule is C[C@@H](c1ccccc1)N(Cc1nnnn1-c1ccccc1)C1CCCC1. The van der Waals surface area contributed by atoms with Crippen LogP contribution in [0.1, 0.15) is 50.0 Å². The molecule has 0 aliphatic heterocycles. The van der Waals surface area contributed by atoms with Crippen LogP contribution in [0.3, 0.4) is 0 Å². The molecule has 134 valence electrons. The van der Waals surface area contributed by atoms with Gasteiger partial charge in [0.25, 0.3) is 0 Å². The average molecular weight is 347 g/mol. The number of aromatic nitrogens is 4. The number of tetrazole rings is 1. The molecule has 1 aromatic heterocycles. The zero-order valence-corrected chi connectivity index (χ0v) is 15.2. The molecule has 1 aliphatic carbocycles. The van der Waals surface area contributed by atoms with Crippen LogP contribution in [-0.4, -0.2) is 31.1 Å². The van der Waals surface area contributed by atoms with Gasteiger partial charge in [-0.3, -0.25) is 4.90 Å². The molecule has 1 atom stereocenters. The minimum Gasteiger partial charge on any atom is -0.286 e. The maximum Gasteiger partial charge on any atom is 0.170 e. The van der Waals surface area contributed by atoms with E-state index in [9.17, 15) is 0 Å². The number of benzene rings is 2. The summed E-state index contributed by atoms with van der Waals surface area (Å²) >= 11 is 0. The van der Waals surface area contributed by atoms with Gasteiger partial charge in [-0.05, 0) is 47.9 Å². The molecule has 1 aliphatic rings. The minimum absolute atomic E-state index is 0.334. The smallest absolute Gasteiger partial charge is 0.170 e. The molecule has 0 unspecified atom stereocenters. The lowest BCUT2D eigenvalue weighted by molar-refractivity contribution is 0.131. The van der Waals surface area contributed by atoms with Crippen molar-refractivity contribution in [2.75, 3.05) is 0 Å². The topological polar surface area (TPSA) is 46.8 Å². The van der Waals surface area contributed by atoms with Gasteiger partial charge in [0, 0.05) is 12.1 Å². The van der Waals surface area contributed by atoms with Gasteiger partial charge in [0.2, 0.25) is 0 Å². The number of hydrogen-bond donors (Lipinski definition) is 0. The summed E-state index contributed by atoms with van der Waals surface area (Å²) < 4.78 is 1.86. The molecule has 5 heteroatoms. The van der Waals surface area contributed by atoms with Crippen molar-refractivity contribution in [1.82, 2.24) is 25.1 Å². The van der Waals surface area contributed by atoms with Crippen molar-refractivity contribution in [2.24, 2.45) is 0 Å². The van der Waals surface area contributed by atoms with Gasteiger partial charge < -0.3 is 0 Å². The Bertz CT molecular complexity index is 809. The Kier molecular flexibility index (Phi) is 5.07. The first-order valence-corrected chi connectivity index (χ1v) is 9.46. The van der Waals surface area contributed by atoms with Crippen molar-refractivity contribution >= 4 is 0 Å². The maximum absolute atomic E-state index is 4.34. The Morgan fingerprint density at radius 1 is 1.00 bits per heavy atom. The van der Waals surface area contributed by atoms with Crippen molar-refractivity contribution in [2.45, 2.75) is 51.2 Å². The highest BCUT2D eigenvalue weighted by molar-refractivity contribution is 5.30. The summed E-state index contributed by atoms with van der Waals surface area (Å²) in [5.41, 5.74) is 2.35. The Hall–Kier alpha value is -2.53. The molecule has 1 saturated carbocycles.